The Bertz CT molecular complexity index is 875. The van der Waals surface area contributed by atoms with Crippen LogP contribution in [0.15, 0.2) is 53.4 Å². The number of ether oxygens (including phenoxy) is 1. The Balaban J connectivity index is 1.73. The molecular formula is C20H24ClNO4S. The van der Waals surface area contributed by atoms with Crippen molar-refractivity contribution in [1.82, 2.24) is 4.31 Å². The molecule has 5 nitrogen and oxygen atoms in total. The van der Waals surface area contributed by atoms with E-state index in [1.165, 1.54) is 4.31 Å². The van der Waals surface area contributed by atoms with E-state index >= 15 is 0 Å². The van der Waals surface area contributed by atoms with Crippen molar-refractivity contribution >= 4 is 21.6 Å². The molecule has 7 heteroatoms. The summed E-state index contributed by atoms with van der Waals surface area (Å²) < 4.78 is 32.4. The summed E-state index contributed by atoms with van der Waals surface area (Å²) >= 11 is 6.27. The third-order valence-electron chi connectivity index (χ3n) is 5.34. The Morgan fingerprint density at radius 2 is 1.74 bits per heavy atom. The fourth-order valence-electron chi connectivity index (χ4n) is 3.53. The van der Waals surface area contributed by atoms with E-state index in [4.69, 9.17) is 16.3 Å². The molecule has 0 amide bonds. The minimum absolute atomic E-state index is 0.00858. The molecule has 0 radical (unpaired) electrons. The number of hydrogen-bond acceptors (Lipinski definition) is 4. The van der Waals surface area contributed by atoms with Gasteiger partial charge < -0.3 is 9.84 Å². The van der Waals surface area contributed by atoms with Crippen LogP contribution in [0.4, 0.5) is 0 Å². The molecule has 2 aromatic carbocycles. The van der Waals surface area contributed by atoms with Gasteiger partial charge in [0.1, 0.15) is 5.75 Å². The van der Waals surface area contributed by atoms with Gasteiger partial charge in [0.2, 0.25) is 10.0 Å². The predicted molar refractivity (Wildman–Crippen MR) is 106 cm³/mol. The zero-order valence-electron chi connectivity index (χ0n) is 15.3. The minimum atomic E-state index is -3.56. The number of sulfonamides is 1. The number of aliphatic hydroxyl groups is 1. The van der Waals surface area contributed by atoms with Gasteiger partial charge in [-0.2, -0.15) is 4.31 Å². The van der Waals surface area contributed by atoms with Gasteiger partial charge in [0.25, 0.3) is 0 Å². The molecule has 1 aliphatic rings. The SMILES string of the molecule is COc1ccc(S(=O)(=O)N2CCC(CO)(Cc3ccccc3Cl)CC2)cc1. The molecule has 3 rings (SSSR count). The van der Waals surface area contributed by atoms with Gasteiger partial charge in [-0.15, -0.1) is 0 Å². The topological polar surface area (TPSA) is 66.8 Å². The Morgan fingerprint density at radius 1 is 1.11 bits per heavy atom. The lowest BCUT2D eigenvalue weighted by Crippen LogP contribution is -2.45. The molecule has 0 unspecified atom stereocenters. The lowest BCUT2D eigenvalue weighted by Gasteiger charge is -2.40. The number of aliphatic hydroxyl groups excluding tert-OH is 1. The fourth-order valence-corrected chi connectivity index (χ4v) is 5.18. The molecule has 0 spiro atoms. The van der Waals surface area contributed by atoms with Gasteiger partial charge in [-0.1, -0.05) is 29.8 Å². The third-order valence-corrected chi connectivity index (χ3v) is 7.62. The summed E-state index contributed by atoms with van der Waals surface area (Å²) in [5.74, 6) is 0.617. The van der Waals surface area contributed by atoms with Crippen molar-refractivity contribution in [2.75, 3.05) is 26.8 Å². The molecule has 146 valence electrons. The summed E-state index contributed by atoms with van der Waals surface area (Å²) in [5, 5.41) is 10.7. The molecule has 1 N–H and O–H groups in total. The lowest BCUT2D eigenvalue weighted by molar-refractivity contribution is 0.0685. The first-order valence-electron chi connectivity index (χ1n) is 8.89. The number of nitrogens with zero attached hydrogens (tertiary/aromatic N) is 1. The highest BCUT2D eigenvalue weighted by Gasteiger charge is 2.38. The highest BCUT2D eigenvalue weighted by atomic mass is 35.5. The van der Waals surface area contributed by atoms with Crippen molar-refractivity contribution in [2.24, 2.45) is 5.41 Å². The first-order chi connectivity index (χ1) is 12.9. The van der Waals surface area contributed by atoms with Crippen LogP contribution < -0.4 is 4.74 Å². The number of hydrogen-bond donors (Lipinski definition) is 1. The van der Waals surface area contributed by atoms with Crippen molar-refractivity contribution in [3.05, 3.63) is 59.1 Å². The molecule has 0 aliphatic carbocycles. The van der Waals surface area contributed by atoms with Crippen LogP contribution in [0.3, 0.4) is 0 Å². The summed E-state index contributed by atoms with van der Waals surface area (Å²) in [5.41, 5.74) is 0.636. The molecule has 0 aromatic heterocycles. The Labute approximate surface area is 165 Å². The van der Waals surface area contributed by atoms with Gasteiger partial charge in [-0.05, 0) is 55.2 Å². The summed E-state index contributed by atoms with van der Waals surface area (Å²) in [6.45, 7) is 0.757. The van der Waals surface area contributed by atoms with E-state index in [2.05, 4.69) is 0 Å². The maximum Gasteiger partial charge on any atom is 0.243 e. The van der Waals surface area contributed by atoms with Gasteiger partial charge in [0.05, 0.1) is 12.0 Å². The second-order valence-corrected chi connectivity index (χ2v) is 9.35. The van der Waals surface area contributed by atoms with Gasteiger partial charge in [0.15, 0.2) is 0 Å². The molecule has 0 bridgehead atoms. The molecule has 27 heavy (non-hydrogen) atoms. The molecule has 0 atom stereocenters. The van der Waals surface area contributed by atoms with Crippen molar-refractivity contribution < 1.29 is 18.3 Å². The van der Waals surface area contributed by atoms with Gasteiger partial charge in [-0.25, -0.2) is 8.42 Å². The van der Waals surface area contributed by atoms with Crippen molar-refractivity contribution in [1.29, 1.82) is 0 Å². The number of rotatable bonds is 6. The summed E-state index contributed by atoms with van der Waals surface area (Å²) in [6.07, 6.45) is 1.81. The van der Waals surface area contributed by atoms with Crippen molar-refractivity contribution in [2.45, 2.75) is 24.2 Å². The average Bonchev–Trinajstić information content (AvgIpc) is 2.70. The maximum absolute atomic E-state index is 12.9. The molecule has 0 saturated carbocycles. The van der Waals surface area contributed by atoms with Gasteiger partial charge in [-0.3, -0.25) is 0 Å². The van der Waals surface area contributed by atoms with E-state index in [-0.39, 0.29) is 16.9 Å². The Kier molecular flexibility index (Phi) is 6.11. The molecule has 1 aliphatic heterocycles. The Hall–Kier alpha value is -1.60. The number of piperidine rings is 1. The highest BCUT2D eigenvalue weighted by Crippen LogP contribution is 2.38. The van der Waals surface area contributed by atoms with E-state index in [1.54, 1.807) is 31.4 Å². The van der Waals surface area contributed by atoms with E-state index < -0.39 is 10.0 Å². The monoisotopic (exact) mass is 409 g/mol. The molecule has 1 heterocycles. The molecule has 2 aromatic rings. The first kappa shape index (κ1) is 20.1. The van der Waals surface area contributed by atoms with Crippen LogP contribution in [0.2, 0.25) is 5.02 Å². The molecule has 1 fully saturated rings. The summed E-state index contributed by atoms with van der Waals surface area (Å²) in [6, 6.07) is 14.0. The first-order valence-corrected chi connectivity index (χ1v) is 10.7. The lowest BCUT2D eigenvalue weighted by atomic mass is 9.75. The zero-order chi connectivity index (χ0) is 19.5. The number of methoxy groups -OCH3 is 1. The second-order valence-electron chi connectivity index (χ2n) is 7.01. The summed E-state index contributed by atoms with van der Waals surface area (Å²) in [7, 11) is -2.01. The van der Waals surface area contributed by atoms with Gasteiger partial charge >= 0.3 is 0 Å². The average molecular weight is 410 g/mol. The quantitative estimate of drug-likeness (QED) is 0.794. The number of benzene rings is 2. The van der Waals surface area contributed by atoms with E-state index in [9.17, 15) is 13.5 Å². The third kappa shape index (κ3) is 4.29. The van der Waals surface area contributed by atoms with Crippen LogP contribution in [-0.4, -0.2) is 44.6 Å². The van der Waals surface area contributed by atoms with Crippen LogP contribution in [0, 0.1) is 5.41 Å². The van der Waals surface area contributed by atoms with Crippen LogP contribution >= 0.6 is 11.6 Å². The largest absolute Gasteiger partial charge is 0.497 e. The highest BCUT2D eigenvalue weighted by molar-refractivity contribution is 7.89. The zero-order valence-corrected chi connectivity index (χ0v) is 16.8. The van der Waals surface area contributed by atoms with Crippen LogP contribution in [-0.2, 0) is 16.4 Å². The fraction of sp³-hybridized carbons (Fsp3) is 0.400. The van der Waals surface area contributed by atoms with Gasteiger partial charge in [0, 0.05) is 30.1 Å². The van der Waals surface area contributed by atoms with Crippen LogP contribution in [0.25, 0.3) is 0 Å². The van der Waals surface area contributed by atoms with E-state index in [1.807, 2.05) is 24.3 Å². The molecular weight excluding hydrogens is 386 g/mol. The molecule has 1 saturated heterocycles. The van der Waals surface area contributed by atoms with Crippen molar-refractivity contribution in [3.63, 3.8) is 0 Å². The second kappa shape index (κ2) is 8.19. The van der Waals surface area contributed by atoms with Crippen LogP contribution in [0.5, 0.6) is 5.75 Å². The smallest absolute Gasteiger partial charge is 0.243 e. The standard InChI is InChI=1S/C20H24ClNO4S/c1-26-17-6-8-18(9-7-17)27(24,25)22-12-10-20(15-23,11-13-22)14-16-4-2-3-5-19(16)21/h2-9,23H,10-15H2,1H3. The van der Waals surface area contributed by atoms with Crippen LogP contribution in [0.1, 0.15) is 18.4 Å². The Morgan fingerprint density at radius 3 is 2.30 bits per heavy atom. The van der Waals surface area contributed by atoms with E-state index in [0.29, 0.717) is 43.1 Å². The maximum atomic E-state index is 12.9. The summed E-state index contributed by atoms with van der Waals surface area (Å²) in [4.78, 5) is 0.255. The predicted octanol–water partition coefficient (Wildman–Crippen LogP) is 3.35. The minimum Gasteiger partial charge on any atom is -0.497 e. The van der Waals surface area contributed by atoms with E-state index in [0.717, 1.165) is 5.56 Å². The number of halogens is 1. The normalized spacial score (nSPS) is 17.6. The van der Waals surface area contributed by atoms with Crippen molar-refractivity contribution in [3.8, 4) is 5.75 Å².